The van der Waals surface area contributed by atoms with Crippen LogP contribution in [0.5, 0.6) is 0 Å². The van der Waals surface area contributed by atoms with Gasteiger partial charge in [0, 0.05) is 12.1 Å². The van der Waals surface area contributed by atoms with E-state index in [2.05, 4.69) is 32.6 Å². The van der Waals surface area contributed by atoms with Gasteiger partial charge in [0.1, 0.15) is 0 Å². The summed E-state index contributed by atoms with van der Waals surface area (Å²) in [4.78, 5) is 8.82. The number of guanidine groups is 1. The lowest BCUT2D eigenvalue weighted by Crippen LogP contribution is -2.33. The van der Waals surface area contributed by atoms with Gasteiger partial charge in [-0.25, -0.2) is 0 Å². The Hall–Kier alpha value is -2.42. The van der Waals surface area contributed by atoms with Crippen LogP contribution < -0.4 is 11.1 Å². The van der Waals surface area contributed by atoms with Crippen molar-refractivity contribution in [3.8, 4) is 11.4 Å². The Bertz CT molecular complexity index is 836. The molecule has 3 aromatic rings. The number of hydrogen-bond donors (Lipinski definition) is 2. The molecule has 0 aliphatic carbocycles. The zero-order valence-corrected chi connectivity index (χ0v) is 17.5. The highest BCUT2D eigenvalue weighted by Crippen LogP contribution is 2.19. The van der Waals surface area contributed by atoms with Crippen molar-refractivity contribution >= 4 is 29.9 Å². The Morgan fingerprint density at radius 2 is 1.78 bits per heavy atom. The Morgan fingerprint density at radius 1 is 1.11 bits per heavy atom. The maximum absolute atomic E-state index is 5.93. The van der Waals surface area contributed by atoms with Gasteiger partial charge in [-0.3, -0.25) is 4.99 Å². The van der Waals surface area contributed by atoms with Crippen LogP contribution in [0.3, 0.4) is 0 Å². The predicted molar refractivity (Wildman–Crippen MR) is 118 cm³/mol. The van der Waals surface area contributed by atoms with Gasteiger partial charge in [0.05, 0.1) is 12.5 Å². The van der Waals surface area contributed by atoms with Gasteiger partial charge in [-0.2, -0.15) is 4.98 Å². The molecule has 0 radical (unpaired) electrons. The van der Waals surface area contributed by atoms with Gasteiger partial charge in [-0.1, -0.05) is 72.7 Å². The van der Waals surface area contributed by atoms with Crippen molar-refractivity contribution in [2.75, 3.05) is 13.1 Å². The van der Waals surface area contributed by atoms with Crippen molar-refractivity contribution in [2.45, 2.75) is 19.3 Å². The summed E-state index contributed by atoms with van der Waals surface area (Å²) < 4.78 is 5.36. The average molecular weight is 477 g/mol. The molecule has 7 heteroatoms. The Labute approximate surface area is 176 Å². The number of nitrogens with one attached hydrogen (secondary N) is 1. The topological polar surface area (TPSA) is 89.3 Å². The molecule has 27 heavy (non-hydrogen) atoms. The molecule has 1 heterocycles. The molecule has 2 aromatic carbocycles. The number of hydrogen-bond acceptors (Lipinski definition) is 4. The first-order valence-electron chi connectivity index (χ1n) is 8.69. The standard InChI is InChI=1S/C20H23N5O.HI/c1-15(19-24-18(25-26-19)17-10-6-3-7-11-17)14-23-20(21)22-13-12-16-8-4-2-5-9-16;/h2-11,15H,12-14H2,1H3,(H3,21,22,23);1H. The van der Waals surface area contributed by atoms with Gasteiger partial charge in [0.15, 0.2) is 5.96 Å². The fourth-order valence-corrected chi connectivity index (χ4v) is 2.49. The van der Waals surface area contributed by atoms with Crippen molar-refractivity contribution in [1.29, 1.82) is 0 Å². The lowest BCUT2D eigenvalue weighted by atomic mass is 10.1. The van der Waals surface area contributed by atoms with E-state index in [-0.39, 0.29) is 29.9 Å². The quantitative estimate of drug-likeness (QED) is 0.309. The highest BCUT2D eigenvalue weighted by Gasteiger charge is 2.15. The molecule has 142 valence electrons. The minimum Gasteiger partial charge on any atom is -0.370 e. The molecule has 0 spiro atoms. The monoisotopic (exact) mass is 477 g/mol. The first-order chi connectivity index (χ1) is 12.7. The van der Waals surface area contributed by atoms with Gasteiger partial charge < -0.3 is 15.6 Å². The van der Waals surface area contributed by atoms with Crippen LogP contribution in [0.4, 0.5) is 0 Å². The number of benzene rings is 2. The first kappa shape index (κ1) is 20.9. The Kier molecular flexibility index (Phi) is 8.25. The van der Waals surface area contributed by atoms with E-state index < -0.39 is 0 Å². The van der Waals surface area contributed by atoms with Gasteiger partial charge in [0.2, 0.25) is 11.7 Å². The second-order valence-electron chi connectivity index (χ2n) is 6.11. The highest BCUT2D eigenvalue weighted by atomic mass is 127. The van der Waals surface area contributed by atoms with Crippen LogP contribution in [0.25, 0.3) is 11.4 Å². The van der Waals surface area contributed by atoms with E-state index in [1.807, 2.05) is 55.5 Å². The number of halogens is 1. The normalized spacial score (nSPS) is 12.3. The van der Waals surface area contributed by atoms with E-state index in [0.29, 0.717) is 24.2 Å². The molecular weight excluding hydrogens is 453 g/mol. The lowest BCUT2D eigenvalue weighted by Gasteiger charge is -2.07. The zero-order valence-electron chi connectivity index (χ0n) is 15.2. The van der Waals surface area contributed by atoms with Gasteiger partial charge in [-0.05, 0) is 12.0 Å². The maximum Gasteiger partial charge on any atom is 0.231 e. The summed E-state index contributed by atoms with van der Waals surface area (Å²) in [6, 6.07) is 20.0. The zero-order chi connectivity index (χ0) is 18.2. The van der Waals surface area contributed by atoms with Crippen molar-refractivity contribution in [3.05, 3.63) is 72.1 Å². The molecule has 0 amide bonds. The second-order valence-corrected chi connectivity index (χ2v) is 6.11. The van der Waals surface area contributed by atoms with E-state index in [9.17, 15) is 0 Å². The fourth-order valence-electron chi connectivity index (χ4n) is 2.49. The van der Waals surface area contributed by atoms with E-state index in [0.717, 1.165) is 18.5 Å². The second kappa shape index (κ2) is 10.7. The molecule has 3 N–H and O–H groups in total. The van der Waals surface area contributed by atoms with Crippen LogP contribution in [0.2, 0.25) is 0 Å². The van der Waals surface area contributed by atoms with Gasteiger partial charge >= 0.3 is 0 Å². The van der Waals surface area contributed by atoms with E-state index in [1.54, 1.807) is 0 Å². The summed E-state index contributed by atoms with van der Waals surface area (Å²) in [7, 11) is 0. The third kappa shape index (κ3) is 6.35. The largest absolute Gasteiger partial charge is 0.370 e. The Morgan fingerprint density at radius 3 is 2.48 bits per heavy atom. The number of rotatable bonds is 7. The van der Waals surface area contributed by atoms with E-state index in [4.69, 9.17) is 10.3 Å². The average Bonchev–Trinajstić information content (AvgIpc) is 3.18. The number of nitrogens with zero attached hydrogens (tertiary/aromatic N) is 3. The molecule has 1 aromatic heterocycles. The Balaban J connectivity index is 0.00000261. The highest BCUT2D eigenvalue weighted by molar-refractivity contribution is 14.0. The van der Waals surface area contributed by atoms with Crippen LogP contribution in [-0.4, -0.2) is 29.2 Å². The minimum atomic E-state index is -0.00515. The van der Waals surface area contributed by atoms with Crippen molar-refractivity contribution in [3.63, 3.8) is 0 Å². The minimum absolute atomic E-state index is 0. The third-order valence-corrected chi connectivity index (χ3v) is 3.99. The molecule has 0 aliphatic heterocycles. The summed E-state index contributed by atoms with van der Waals surface area (Å²) in [5, 5.41) is 7.17. The molecule has 0 saturated carbocycles. The lowest BCUT2D eigenvalue weighted by molar-refractivity contribution is 0.361. The van der Waals surface area contributed by atoms with Crippen LogP contribution >= 0.6 is 24.0 Å². The van der Waals surface area contributed by atoms with E-state index in [1.165, 1.54) is 5.56 Å². The summed E-state index contributed by atoms with van der Waals surface area (Å²) >= 11 is 0. The summed E-state index contributed by atoms with van der Waals surface area (Å²) in [5.41, 5.74) is 8.13. The van der Waals surface area contributed by atoms with Crippen molar-refractivity contribution < 1.29 is 4.52 Å². The van der Waals surface area contributed by atoms with Crippen LogP contribution in [0, 0.1) is 0 Å². The van der Waals surface area contributed by atoms with Crippen molar-refractivity contribution in [2.24, 2.45) is 10.7 Å². The van der Waals surface area contributed by atoms with Crippen LogP contribution in [0.15, 0.2) is 70.2 Å². The number of aliphatic imine (C=N–C) groups is 1. The molecule has 0 saturated heterocycles. The number of nitrogens with two attached hydrogens (primary N) is 1. The van der Waals surface area contributed by atoms with Crippen molar-refractivity contribution in [1.82, 2.24) is 15.5 Å². The molecule has 0 aliphatic rings. The first-order valence-corrected chi connectivity index (χ1v) is 8.69. The molecule has 0 bridgehead atoms. The smallest absolute Gasteiger partial charge is 0.231 e. The molecule has 3 rings (SSSR count). The molecule has 6 nitrogen and oxygen atoms in total. The molecular formula is C20H24IN5O. The summed E-state index contributed by atoms with van der Waals surface area (Å²) in [5.74, 6) is 1.57. The number of aromatic nitrogens is 2. The third-order valence-electron chi connectivity index (χ3n) is 3.99. The van der Waals surface area contributed by atoms with E-state index >= 15 is 0 Å². The summed E-state index contributed by atoms with van der Waals surface area (Å²) in [6.07, 6.45) is 0.900. The molecule has 0 fully saturated rings. The fraction of sp³-hybridized carbons (Fsp3) is 0.250. The maximum atomic E-state index is 5.93. The predicted octanol–water partition coefficient (Wildman–Crippen LogP) is 3.61. The van der Waals surface area contributed by atoms with Crippen LogP contribution in [-0.2, 0) is 6.42 Å². The van der Waals surface area contributed by atoms with Gasteiger partial charge in [0.25, 0.3) is 0 Å². The summed E-state index contributed by atoms with van der Waals surface area (Å²) in [6.45, 7) is 3.22. The van der Waals surface area contributed by atoms with Gasteiger partial charge in [-0.15, -0.1) is 24.0 Å². The molecule has 1 atom stereocenters. The SMILES string of the molecule is CC(CN=C(N)NCCc1ccccc1)c1nc(-c2ccccc2)no1.I. The van der Waals surface area contributed by atoms with Crippen LogP contribution in [0.1, 0.15) is 24.3 Å². The molecule has 1 unspecified atom stereocenters.